The molecule has 220 valence electrons. The summed E-state index contributed by atoms with van der Waals surface area (Å²) in [5, 5.41) is 12.7. The zero-order chi connectivity index (χ0) is 29.4. The third-order valence-corrected chi connectivity index (χ3v) is 11.3. The van der Waals surface area contributed by atoms with Gasteiger partial charge in [-0.1, -0.05) is 36.8 Å². The second-order valence-electron chi connectivity index (χ2n) is 11.8. The zero-order valence-electron chi connectivity index (χ0n) is 24.2. The summed E-state index contributed by atoms with van der Waals surface area (Å²) < 4.78 is 29.8. The van der Waals surface area contributed by atoms with Crippen molar-refractivity contribution in [2.75, 3.05) is 42.6 Å². The highest BCUT2D eigenvalue weighted by Gasteiger charge is 2.43. The van der Waals surface area contributed by atoms with Crippen molar-refractivity contribution in [3.05, 3.63) is 64.0 Å². The first kappa shape index (κ1) is 29.5. The van der Waals surface area contributed by atoms with Crippen LogP contribution < -0.4 is 9.64 Å². The van der Waals surface area contributed by atoms with E-state index in [1.165, 1.54) is 5.56 Å². The van der Waals surface area contributed by atoms with E-state index < -0.39 is 21.2 Å². The molecule has 0 spiro atoms. The molecule has 2 aliphatic heterocycles. The molecule has 0 saturated carbocycles. The molecule has 3 aromatic rings. The second-order valence-corrected chi connectivity index (χ2v) is 15.0. The number of piperidine rings is 1. The molecule has 2 aliphatic rings. The molecule has 2 fully saturated rings. The number of hydrogen-bond acceptors (Lipinski definition) is 8. The highest BCUT2D eigenvalue weighted by Crippen LogP contribution is 2.40. The van der Waals surface area contributed by atoms with Crippen LogP contribution in [0.25, 0.3) is 11.3 Å². The molecule has 1 unspecified atom stereocenters. The van der Waals surface area contributed by atoms with Crippen LogP contribution in [0.5, 0.6) is 5.75 Å². The number of rotatable bonds is 8. The van der Waals surface area contributed by atoms with Gasteiger partial charge in [0.1, 0.15) is 12.4 Å². The van der Waals surface area contributed by atoms with Crippen molar-refractivity contribution in [2.24, 2.45) is 11.3 Å². The summed E-state index contributed by atoms with van der Waals surface area (Å²) in [6, 6.07) is 12.5. The lowest BCUT2D eigenvalue weighted by molar-refractivity contribution is -0.152. The summed E-state index contributed by atoms with van der Waals surface area (Å²) in [4.78, 5) is 21.2. The normalized spacial score (nSPS) is 22.9. The van der Waals surface area contributed by atoms with Gasteiger partial charge < -0.3 is 14.7 Å². The van der Waals surface area contributed by atoms with Gasteiger partial charge in [0.15, 0.2) is 15.0 Å². The Hall–Kier alpha value is -2.95. The largest absolute Gasteiger partial charge is 0.488 e. The highest BCUT2D eigenvalue weighted by molar-refractivity contribution is 7.91. The smallest absolute Gasteiger partial charge is 0.309 e. The van der Waals surface area contributed by atoms with Crippen LogP contribution in [0.4, 0.5) is 5.13 Å². The summed E-state index contributed by atoms with van der Waals surface area (Å²) in [7, 11) is -2.88. The number of carbonyl (C=O) groups is 1. The number of ether oxygens (including phenoxy) is 1. The maximum absolute atomic E-state index is 11.8. The van der Waals surface area contributed by atoms with Crippen LogP contribution in [0.2, 0.25) is 0 Å². The van der Waals surface area contributed by atoms with Gasteiger partial charge in [0.05, 0.1) is 22.6 Å². The molecule has 41 heavy (non-hydrogen) atoms. The van der Waals surface area contributed by atoms with Gasteiger partial charge in [-0.15, -0.1) is 11.3 Å². The van der Waals surface area contributed by atoms with Crippen LogP contribution >= 0.6 is 11.3 Å². The van der Waals surface area contributed by atoms with E-state index in [9.17, 15) is 18.3 Å². The summed E-state index contributed by atoms with van der Waals surface area (Å²) in [6.45, 7) is 11.7. The Balaban J connectivity index is 1.26. The van der Waals surface area contributed by atoms with E-state index in [2.05, 4.69) is 53.3 Å². The lowest BCUT2D eigenvalue weighted by Crippen LogP contribution is -2.48. The average Bonchev–Trinajstić information content (AvgIpc) is 3.42. The number of carboxylic acids is 1. The number of aryl methyl sites for hydroxylation is 2. The minimum absolute atomic E-state index is 0.0181. The van der Waals surface area contributed by atoms with E-state index in [1.807, 2.05) is 26.0 Å². The van der Waals surface area contributed by atoms with E-state index in [0.29, 0.717) is 39.2 Å². The predicted molar refractivity (Wildman–Crippen MR) is 163 cm³/mol. The molecule has 0 amide bonds. The van der Waals surface area contributed by atoms with E-state index >= 15 is 0 Å². The number of thiazole rings is 1. The summed E-state index contributed by atoms with van der Waals surface area (Å²) in [5.74, 6) is 0.535. The predicted octanol–water partition coefficient (Wildman–Crippen LogP) is 5.17. The number of aliphatic carboxylic acids is 1. The molecule has 0 aliphatic carbocycles. The Bertz CT molecular complexity index is 1520. The van der Waals surface area contributed by atoms with E-state index in [0.717, 1.165) is 45.4 Å². The second kappa shape index (κ2) is 11.7. The van der Waals surface area contributed by atoms with E-state index in [-0.39, 0.29) is 17.4 Å². The van der Waals surface area contributed by atoms with Crippen molar-refractivity contribution in [3.63, 3.8) is 0 Å². The quantitative estimate of drug-likeness (QED) is 0.380. The molecule has 2 saturated heterocycles. The van der Waals surface area contributed by atoms with E-state index in [4.69, 9.17) is 9.72 Å². The lowest BCUT2D eigenvalue weighted by Gasteiger charge is -2.41. The first-order chi connectivity index (χ1) is 19.4. The number of hydrogen-bond donors (Lipinski definition) is 1. The fourth-order valence-electron chi connectivity index (χ4n) is 5.57. The number of anilines is 1. The van der Waals surface area contributed by atoms with Gasteiger partial charge in [0, 0.05) is 43.7 Å². The number of sulfone groups is 1. The van der Waals surface area contributed by atoms with Crippen molar-refractivity contribution in [1.29, 1.82) is 0 Å². The molecule has 3 heterocycles. The van der Waals surface area contributed by atoms with Gasteiger partial charge in [-0.25, -0.2) is 13.4 Å². The van der Waals surface area contributed by atoms with Gasteiger partial charge in [0.2, 0.25) is 0 Å². The molecule has 2 aromatic carbocycles. The third kappa shape index (κ3) is 6.60. The molecular formula is C31H39N3O5S2. The topological polar surface area (TPSA) is 100 Å². The van der Waals surface area contributed by atoms with Gasteiger partial charge in [-0.2, -0.15) is 0 Å². The van der Waals surface area contributed by atoms with Crippen molar-refractivity contribution in [2.45, 2.75) is 47.3 Å². The van der Waals surface area contributed by atoms with Crippen LogP contribution in [-0.2, 0) is 27.8 Å². The van der Waals surface area contributed by atoms with Crippen LogP contribution in [0.3, 0.4) is 0 Å². The SMILES string of the molecule is Cc1ccc(OCc2ccc(CN3CCS(=O)(=O)CC3)cc2C)c(-c2csc(N3CC[C@@](C)(C(=O)O)C(C)C3)n2)c1. The molecule has 5 rings (SSSR count). The molecule has 0 bridgehead atoms. The van der Waals surface area contributed by atoms with Crippen molar-refractivity contribution < 1.29 is 23.1 Å². The van der Waals surface area contributed by atoms with Crippen LogP contribution in [0, 0.1) is 25.2 Å². The summed E-state index contributed by atoms with van der Waals surface area (Å²) >= 11 is 1.58. The van der Waals surface area contributed by atoms with Gasteiger partial charge >= 0.3 is 5.97 Å². The molecule has 10 heteroatoms. The molecule has 1 N–H and O–H groups in total. The van der Waals surface area contributed by atoms with Crippen LogP contribution in [-0.4, -0.2) is 67.1 Å². The Kier molecular flexibility index (Phi) is 8.46. The first-order valence-corrected chi connectivity index (χ1v) is 16.8. The fourth-order valence-corrected chi connectivity index (χ4v) is 7.71. The number of benzene rings is 2. The Morgan fingerprint density at radius 2 is 1.90 bits per heavy atom. The maximum atomic E-state index is 11.8. The molecule has 1 aromatic heterocycles. The van der Waals surface area contributed by atoms with Crippen molar-refractivity contribution in [1.82, 2.24) is 9.88 Å². The maximum Gasteiger partial charge on any atom is 0.309 e. The van der Waals surface area contributed by atoms with Gasteiger partial charge in [-0.3, -0.25) is 9.69 Å². The average molecular weight is 598 g/mol. The standard InChI is InChI=1S/C31H39N3O5S2/c1-21-5-8-28(39-19-25-7-6-24(16-22(25)2)18-33-11-13-41(37,38)14-12-33)26(15-21)27-20-40-30(32-27)34-10-9-31(4,29(35)36)23(3)17-34/h5-8,15-16,20,23H,9-14,17-19H2,1-4H3,(H,35,36)/t23?,31-/m1/s1. The summed E-state index contributed by atoms with van der Waals surface area (Å²) in [6.07, 6.45) is 0.593. The molecule has 2 atom stereocenters. The van der Waals surface area contributed by atoms with Crippen LogP contribution in [0.15, 0.2) is 41.8 Å². The molecular weight excluding hydrogens is 558 g/mol. The Morgan fingerprint density at radius 3 is 2.59 bits per heavy atom. The minimum Gasteiger partial charge on any atom is -0.488 e. The van der Waals surface area contributed by atoms with Gasteiger partial charge in [0.25, 0.3) is 0 Å². The fraction of sp³-hybridized carbons (Fsp3) is 0.484. The van der Waals surface area contributed by atoms with Gasteiger partial charge in [-0.05, 0) is 61.9 Å². The molecule has 0 radical (unpaired) electrons. The minimum atomic E-state index is -2.88. The first-order valence-electron chi connectivity index (χ1n) is 14.1. The number of aromatic nitrogens is 1. The zero-order valence-corrected chi connectivity index (χ0v) is 25.9. The monoisotopic (exact) mass is 597 g/mol. The highest BCUT2D eigenvalue weighted by atomic mass is 32.2. The van der Waals surface area contributed by atoms with E-state index in [1.54, 1.807) is 11.3 Å². The Labute approximate surface area is 246 Å². The lowest BCUT2D eigenvalue weighted by atomic mass is 9.73. The van der Waals surface area contributed by atoms with Crippen LogP contribution in [0.1, 0.15) is 42.5 Å². The third-order valence-electron chi connectivity index (χ3n) is 8.78. The summed E-state index contributed by atoms with van der Waals surface area (Å²) in [5.41, 5.74) is 5.64. The number of carboxylic acid groups (broad SMARTS) is 1. The van der Waals surface area contributed by atoms with Crippen molar-refractivity contribution >= 4 is 32.3 Å². The van der Waals surface area contributed by atoms with Crippen molar-refractivity contribution in [3.8, 4) is 17.0 Å². The Morgan fingerprint density at radius 1 is 1.15 bits per heavy atom. The molecule has 8 nitrogen and oxygen atoms in total. The number of nitrogens with zero attached hydrogens (tertiary/aromatic N) is 3.